The molecule has 1 N–H and O–H groups in total. The Kier molecular flexibility index (Phi) is 7.78. The van der Waals surface area contributed by atoms with Crippen LogP contribution < -0.4 is 0 Å². The minimum absolute atomic E-state index is 0.0515. The van der Waals surface area contributed by atoms with Crippen molar-refractivity contribution < 1.29 is 24.2 Å². The fraction of sp³-hybridized carbons (Fsp3) is 0.931. The maximum absolute atomic E-state index is 12.8. The predicted octanol–water partition coefficient (Wildman–Crippen LogP) is 4.82. The summed E-state index contributed by atoms with van der Waals surface area (Å²) in [5.41, 5.74) is 0.195. The number of likely N-dealkylation sites (N-methyl/N-ethyl adjacent to an activating group) is 1. The van der Waals surface area contributed by atoms with Crippen LogP contribution in [0.3, 0.4) is 0 Å². The molecule has 4 fully saturated rings. The van der Waals surface area contributed by atoms with Gasteiger partial charge in [0.25, 0.3) is 0 Å². The molecule has 0 unspecified atom stereocenters. The number of hydrogen-bond donors (Lipinski definition) is 1. The van der Waals surface area contributed by atoms with Crippen LogP contribution in [0.25, 0.3) is 0 Å². The quantitative estimate of drug-likeness (QED) is 0.387. The first-order chi connectivity index (χ1) is 16.5. The molecule has 0 spiro atoms. The van der Waals surface area contributed by atoms with Crippen molar-refractivity contribution in [1.82, 2.24) is 4.90 Å². The van der Waals surface area contributed by atoms with Crippen LogP contribution in [-0.2, 0) is 19.1 Å². The van der Waals surface area contributed by atoms with Gasteiger partial charge >= 0.3 is 5.97 Å². The van der Waals surface area contributed by atoms with E-state index in [0.29, 0.717) is 42.5 Å². The smallest absolute Gasteiger partial charge is 0.322 e. The summed E-state index contributed by atoms with van der Waals surface area (Å²) in [6.07, 6.45) is 7.35. The van der Waals surface area contributed by atoms with E-state index >= 15 is 0 Å². The number of carbonyl (C=O) groups excluding carboxylic acids is 2. The molecule has 0 aromatic heterocycles. The van der Waals surface area contributed by atoms with Crippen LogP contribution in [0.4, 0.5) is 0 Å². The zero-order valence-corrected chi connectivity index (χ0v) is 23.0. The van der Waals surface area contributed by atoms with Crippen LogP contribution in [0, 0.1) is 40.4 Å². The molecule has 0 saturated heterocycles. The lowest BCUT2D eigenvalue weighted by Gasteiger charge is -2.62. The van der Waals surface area contributed by atoms with Gasteiger partial charge in [-0.15, -0.1) is 0 Å². The molecule has 0 aliphatic heterocycles. The normalized spacial score (nSPS) is 44.9. The molecule has 4 aliphatic carbocycles. The van der Waals surface area contributed by atoms with Gasteiger partial charge in [0.2, 0.25) is 5.79 Å². The fourth-order valence-electron chi connectivity index (χ4n) is 9.26. The third-order valence-corrected chi connectivity index (χ3v) is 11.1. The van der Waals surface area contributed by atoms with Crippen LogP contribution in [0.5, 0.6) is 0 Å². The van der Waals surface area contributed by atoms with Crippen molar-refractivity contribution in [3.05, 3.63) is 0 Å². The zero-order valence-electron chi connectivity index (χ0n) is 23.0. The summed E-state index contributed by atoms with van der Waals surface area (Å²) in [6.45, 7) is 14.8. The van der Waals surface area contributed by atoms with Gasteiger partial charge in [-0.2, -0.15) is 0 Å². The SMILES string of the molecule is CCO[C@H]1C[C@@]2(C)[C@@H](CC[C@@H]3[C@@H]2CC[C@]2(C)[C@@H](C(C)=O)CC[C@@H]32)C[C@@]1(O)OC(=O)CN(CC)CC. The van der Waals surface area contributed by atoms with Crippen molar-refractivity contribution in [2.75, 3.05) is 26.2 Å². The van der Waals surface area contributed by atoms with Crippen molar-refractivity contribution >= 4 is 11.8 Å². The van der Waals surface area contributed by atoms with Crippen molar-refractivity contribution in [2.45, 2.75) is 105 Å². The number of fused-ring (bicyclic) bond motifs is 5. The largest absolute Gasteiger partial charge is 0.429 e. The lowest BCUT2D eigenvalue weighted by atomic mass is 9.44. The third kappa shape index (κ3) is 4.61. The second-order valence-electron chi connectivity index (χ2n) is 12.6. The van der Waals surface area contributed by atoms with E-state index in [0.717, 1.165) is 51.6 Å². The van der Waals surface area contributed by atoms with Gasteiger partial charge in [0.15, 0.2) is 0 Å². The van der Waals surface area contributed by atoms with Gasteiger partial charge in [0.1, 0.15) is 11.9 Å². The van der Waals surface area contributed by atoms with E-state index in [4.69, 9.17) is 9.47 Å². The summed E-state index contributed by atoms with van der Waals surface area (Å²) < 4.78 is 12.0. The van der Waals surface area contributed by atoms with Crippen LogP contribution in [0.2, 0.25) is 0 Å². The monoisotopic (exact) mass is 491 g/mol. The molecule has 0 bridgehead atoms. The molecule has 4 aliphatic rings. The number of rotatable bonds is 8. The van der Waals surface area contributed by atoms with Crippen LogP contribution in [0.15, 0.2) is 0 Å². The number of ketones is 1. The number of esters is 1. The molecule has 4 saturated carbocycles. The zero-order chi connectivity index (χ0) is 25.6. The van der Waals surface area contributed by atoms with Gasteiger partial charge in [-0.25, -0.2) is 0 Å². The molecule has 0 aromatic rings. The molecule has 9 atom stereocenters. The van der Waals surface area contributed by atoms with Crippen molar-refractivity contribution in [3.63, 3.8) is 0 Å². The van der Waals surface area contributed by atoms with Crippen LogP contribution >= 0.6 is 0 Å². The topological polar surface area (TPSA) is 76.1 Å². The summed E-state index contributed by atoms with van der Waals surface area (Å²) >= 11 is 0. The molecule has 200 valence electrons. The first-order valence-electron chi connectivity index (χ1n) is 14.3. The third-order valence-electron chi connectivity index (χ3n) is 11.1. The van der Waals surface area contributed by atoms with Gasteiger partial charge in [-0.1, -0.05) is 27.7 Å². The summed E-state index contributed by atoms with van der Waals surface area (Å²) in [5.74, 6) is 0.797. The summed E-state index contributed by atoms with van der Waals surface area (Å²) in [4.78, 5) is 27.3. The molecular formula is C29H49NO5. The molecule has 4 rings (SSSR count). The maximum Gasteiger partial charge on any atom is 0.322 e. The van der Waals surface area contributed by atoms with Crippen molar-refractivity contribution in [3.8, 4) is 0 Å². The first kappa shape index (κ1) is 27.1. The van der Waals surface area contributed by atoms with Crippen molar-refractivity contribution in [1.29, 1.82) is 0 Å². The molecule has 0 aromatic carbocycles. The average Bonchev–Trinajstić information content (AvgIpc) is 3.16. The van der Waals surface area contributed by atoms with E-state index in [1.165, 1.54) is 6.42 Å². The van der Waals surface area contributed by atoms with Gasteiger partial charge < -0.3 is 14.6 Å². The Balaban J connectivity index is 1.54. The number of hydrogen-bond acceptors (Lipinski definition) is 6. The molecule has 0 amide bonds. The lowest BCUT2D eigenvalue weighted by Crippen LogP contribution is -2.62. The highest BCUT2D eigenvalue weighted by Gasteiger charge is 2.64. The van der Waals surface area contributed by atoms with Gasteiger partial charge in [0, 0.05) is 18.9 Å². The molecular weight excluding hydrogens is 442 g/mol. The Morgan fingerprint density at radius 2 is 1.63 bits per heavy atom. The minimum Gasteiger partial charge on any atom is -0.429 e. The molecule has 35 heavy (non-hydrogen) atoms. The molecule has 0 radical (unpaired) electrons. The van der Waals surface area contributed by atoms with Gasteiger partial charge in [-0.3, -0.25) is 14.5 Å². The van der Waals surface area contributed by atoms with E-state index < -0.39 is 11.9 Å². The number of aliphatic hydroxyl groups is 1. The molecule has 0 heterocycles. The predicted molar refractivity (Wildman–Crippen MR) is 136 cm³/mol. The number of carbonyl (C=O) groups is 2. The van der Waals surface area contributed by atoms with Gasteiger partial charge in [-0.05, 0) is 106 Å². The summed E-state index contributed by atoms with van der Waals surface area (Å²) in [6, 6.07) is 0. The Bertz CT molecular complexity index is 798. The maximum atomic E-state index is 12.8. The number of nitrogens with zero attached hydrogens (tertiary/aromatic N) is 1. The number of ether oxygens (including phenoxy) is 2. The summed E-state index contributed by atoms with van der Waals surface area (Å²) in [5, 5.41) is 11.7. The fourth-order valence-corrected chi connectivity index (χ4v) is 9.26. The second-order valence-corrected chi connectivity index (χ2v) is 12.6. The van der Waals surface area contributed by atoms with Crippen LogP contribution in [0.1, 0.15) is 92.9 Å². The summed E-state index contributed by atoms with van der Waals surface area (Å²) in [7, 11) is 0. The highest BCUT2D eigenvalue weighted by Crippen LogP contribution is 2.68. The Labute approximate surface area is 212 Å². The Hall–Kier alpha value is -0.980. The van der Waals surface area contributed by atoms with E-state index in [9.17, 15) is 14.7 Å². The Morgan fingerprint density at radius 3 is 2.26 bits per heavy atom. The van der Waals surface area contributed by atoms with Crippen molar-refractivity contribution in [2.24, 2.45) is 40.4 Å². The second kappa shape index (κ2) is 10.1. The highest BCUT2D eigenvalue weighted by atomic mass is 16.7. The van der Waals surface area contributed by atoms with Gasteiger partial charge in [0.05, 0.1) is 6.54 Å². The van der Waals surface area contributed by atoms with E-state index in [2.05, 4.69) is 13.8 Å². The lowest BCUT2D eigenvalue weighted by molar-refractivity contribution is -0.301. The first-order valence-corrected chi connectivity index (χ1v) is 14.3. The number of Topliss-reactive ketones (excluding diaryl/α,β-unsaturated/α-hetero) is 1. The molecule has 6 heteroatoms. The average molecular weight is 492 g/mol. The van der Waals surface area contributed by atoms with E-state index in [1.54, 1.807) is 6.92 Å². The van der Waals surface area contributed by atoms with E-state index in [1.807, 2.05) is 25.7 Å². The standard InChI is InChI=1S/C29H49NO5/c1-7-30(8-2)18-26(32)35-29(33)16-20-10-11-21-23-13-12-22(19(4)31)27(23,5)15-14-24(21)28(20,6)17-25(29)34-9-3/h20-25,33H,7-18H2,1-6H3/t20-,21-,22+,23-,24-,25-,27+,28-,29+/m0/s1. The van der Waals surface area contributed by atoms with E-state index in [-0.39, 0.29) is 29.3 Å². The minimum atomic E-state index is -1.56. The Morgan fingerprint density at radius 1 is 0.943 bits per heavy atom. The molecule has 6 nitrogen and oxygen atoms in total. The van der Waals surface area contributed by atoms with Crippen LogP contribution in [-0.4, -0.2) is 59.9 Å². The highest BCUT2D eigenvalue weighted by molar-refractivity contribution is 5.79.